The molecule has 0 fully saturated rings. The summed E-state index contributed by atoms with van der Waals surface area (Å²) in [6.07, 6.45) is 6.24. The highest BCUT2D eigenvalue weighted by Crippen LogP contribution is 2.26. The van der Waals surface area contributed by atoms with Crippen LogP contribution >= 0.6 is 15.9 Å². The van der Waals surface area contributed by atoms with Gasteiger partial charge in [-0.2, -0.15) is 0 Å². The lowest BCUT2D eigenvalue weighted by atomic mass is 10.2. The number of nitrogens with zero attached hydrogens (tertiary/aromatic N) is 1. The van der Waals surface area contributed by atoms with Gasteiger partial charge in [-0.05, 0) is 35.2 Å². The molecule has 1 aromatic heterocycles. The summed E-state index contributed by atoms with van der Waals surface area (Å²) in [7, 11) is 0. The first-order valence-corrected chi connectivity index (χ1v) is 5.78. The Morgan fingerprint density at radius 1 is 1.33 bits per heavy atom. The highest BCUT2D eigenvalue weighted by Gasteiger charge is 2.02. The standard InChI is InChI=1S/C10H16BrN3O/c11-8-6-13-7-9(12)10(8)14-4-2-1-3-5-15/h6-7,15H,1-5,12H2,(H,13,14). The van der Waals surface area contributed by atoms with Crippen molar-refractivity contribution in [3.63, 3.8) is 0 Å². The fourth-order valence-corrected chi connectivity index (χ4v) is 1.75. The molecule has 15 heavy (non-hydrogen) atoms. The molecule has 5 heteroatoms. The van der Waals surface area contributed by atoms with Crippen LogP contribution in [0.5, 0.6) is 0 Å². The summed E-state index contributed by atoms with van der Waals surface area (Å²) in [6.45, 7) is 1.12. The summed E-state index contributed by atoms with van der Waals surface area (Å²) in [6, 6.07) is 0. The van der Waals surface area contributed by atoms with Gasteiger partial charge in [-0.15, -0.1) is 0 Å². The minimum atomic E-state index is 0.265. The molecule has 84 valence electrons. The quantitative estimate of drug-likeness (QED) is 0.694. The lowest BCUT2D eigenvalue weighted by molar-refractivity contribution is 0.283. The molecular weight excluding hydrogens is 258 g/mol. The highest BCUT2D eigenvalue weighted by molar-refractivity contribution is 9.10. The molecule has 0 amide bonds. The first kappa shape index (κ1) is 12.3. The van der Waals surface area contributed by atoms with Crippen molar-refractivity contribution in [1.82, 2.24) is 4.98 Å². The van der Waals surface area contributed by atoms with Gasteiger partial charge >= 0.3 is 0 Å². The van der Waals surface area contributed by atoms with Crippen LogP contribution in [0.2, 0.25) is 0 Å². The number of rotatable bonds is 6. The first-order valence-electron chi connectivity index (χ1n) is 4.99. The Bertz CT molecular complexity index is 286. The molecule has 4 nitrogen and oxygen atoms in total. The Labute approximate surface area is 98.0 Å². The molecule has 0 bridgehead atoms. The molecule has 1 heterocycles. The van der Waals surface area contributed by atoms with Crippen LogP contribution in [0.3, 0.4) is 0 Å². The minimum absolute atomic E-state index is 0.265. The van der Waals surface area contributed by atoms with E-state index >= 15 is 0 Å². The second kappa shape index (κ2) is 6.63. The number of nitrogens with two attached hydrogens (primary N) is 1. The topological polar surface area (TPSA) is 71.2 Å². The van der Waals surface area contributed by atoms with Crippen LogP contribution in [0.4, 0.5) is 11.4 Å². The predicted molar refractivity (Wildman–Crippen MR) is 65.8 cm³/mol. The van der Waals surface area contributed by atoms with Crippen LogP contribution in [0.25, 0.3) is 0 Å². The van der Waals surface area contributed by atoms with Gasteiger partial charge in [0.1, 0.15) is 0 Å². The second-order valence-corrected chi connectivity index (χ2v) is 4.15. The number of hydrogen-bond acceptors (Lipinski definition) is 4. The van der Waals surface area contributed by atoms with Gasteiger partial charge in [0.05, 0.1) is 22.0 Å². The van der Waals surface area contributed by atoms with E-state index in [-0.39, 0.29) is 6.61 Å². The Hall–Kier alpha value is -0.810. The number of aliphatic hydroxyl groups is 1. The maximum absolute atomic E-state index is 8.61. The molecule has 0 spiro atoms. The lowest BCUT2D eigenvalue weighted by Crippen LogP contribution is -2.05. The maximum atomic E-state index is 8.61. The van der Waals surface area contributed by atoms with E-state index in [9.17, 15) is 0 Å². The summed E-state index contributed by atoms with van der Waals surface area (Å²) in [5, 5.41) is 11.9. The van der Waals surface area contributed by atoms with Gasteiger partial charge in [-0.1, -0.05) is 0 Å². The van der Waals surface area contributed by atoms with Gasteiger partial charge in [-0.25, -0.2) is 0 Å². The summed E-state index contributed by atoms with van der Waals surface area (Å²) in [4.78, 5) is 3.96. The summed E-state index contributed by atoms with van der Waals surface area (Å²) < 4.78 is 0.879. The van der Waals surface area contributed by atoms with Crippen LogP contribution in [0, 0.1) is 0 Å². The average Bonchev–Trinajstić information content (AvgIpc) is 2.21. The molecule has 0 aliphatic heterocycles. The van der Waals surface area contributed by atoms with Crippen molar-refractivity contribution in [2.24, 2.45) is 0 Å². The molecule has 0 aliphatic rings. The number of nitrogens with one attached hydrogen (secondary N) is 1. The Balaban J connectivity index is 2.37. The number of aromatic nitrogens is 1. The molecule has 0 aliphatic carbocycles. The van der Waals surface area contributed by atoms with Crippen LogP contribution in [-0.4, -0.2) is 23.2 Å². The second-order valence-electron chi connectivity index (χ2n) is 3.30. The zero-order valence-corrected chi connectivity index (χ0v) is 10.1. The Kier molecular flexibility index (Phi) is 5.42. The van der Waals surface area contributed by atoms with Crippen molar-refractivity contribution in [2.75, 3.05) is 24.2 Å². The summed E-state index contributed by atoms with van der Waals surface area (Å²) in [5.41, 5.74) is 7.31. The highest BCUT2D eigenvalue weighted by atomic mass is 79.9. The van der Waals surface area contributed by atoms with E-state index in [4.69, 9.17) is 10.8 Å². The van der Waals surface area contributed by atoms with Crippen molar-refractivity contribution in [3.8, 4) is 0 Å². The summed E-state index contributed by atoms with van der Waals surface area (Å²) >= 11 is 3.38. The first-order chi connectivity index (χ1) is 7.25. The van der Waals surface area contributed by atoms with Crippen LogP contribution in [0.15, 0.2) is 16.9 Å². The smallest absolute Gasteiger partial charge is 0.0750 e. The third-order valence-electron chi connectivity index (χ3n) is 2.07. The largest absolute Gasteiger partial charge is 0.396 e. The normalized spacial score (nSPS) is 10.3. The van der Waals surface area contributed by atoms with Crippen molar-refractivity contribution in [3.05, 3.63) is 16.9 Å². The minimum Gasteiger partial charge on any atom is -0.396 e. The van der Waals surface area contributed by atoms with Crippen LogP contribution < -0.4 is 11.1 Å². The van der Waals surface area contributed by atoms with E-state index in [0.29, 0.717) is 5.69 Å². The molecule has 0 saturated heterocycles. The number of anilines is 2. The molecule has 0 aromatic carbocycles. The predicted octanol–water partition coefficient (Wildman–Crippen LogP) is 2.00. The Morgan fingerprint density at radius 3 is 2.80 bits per heavy atom. The fraction of sp³-hybridized carbons (Fsp3) is 0.500. The van der Waals surface area contributed by atoms with Gasteiger partial charge in [0.15, 0.2) is 0 Å². The lowest BCUT2D eigenvalue weighted by Gasteiger charge is -2.10. The SMILES string of the molecule is Nc1cncc(Br)c1NCCCCCO. The van der Waals surface area contributed by atoms with Gasteiger partial charge in [-0.3, -0.25) is 4.98 Å². The fourth-order valence-electron chi connectivity index (χ4n) is 1.26. The van der Waals surface area contributed by atoms with E-state index in [0.717, 1.165) is 36.0 Å². The number of pyridine rings is 1. The molecule has 1 aromatic rings. The van der Waals surface area contributed by atoms with E-state index in [1.807, 2.05) is 0 Å². The molecule has 0 saturated carbocycles. The van der Waals surface area contributed by atoms with Crippen molar-refractivity contribution in [2.45, 2.75) is 19.3 Å². The monoisotopic (exact) mass is 273 g/mol. The van der Waals surface area contributed by atoms with Crippen LogP contribution in [-0.2, 0) is 0 Å². The third kappa shape index (κ3) is 4.05. The van der Waals surface area contributed by atoms with Gasteiger partial charge in [0, 0.05) is 19.3 Å². The van der Waals surface area contributed by atoms with Gasteiger partial charge in [0.25, 0.3) is 0 Å². The van der Waals surface area contributed by atoms with E-state index in [2.05, 4.69) is 26.2 Å². The molecule has 0 atom stereocenters. The van der Waals surface area contributed by atoms with Gasteiger partial charge in [0.2, 0.25) is 0 Å². The van der Waals surface area contributed by atoms with Crippen molar-refractivity contribution >= 4 is 27.3 Å². The van der Waals surface area contributed by atoms with Crippen LogP contribution in [0.1, 0.15) is 19.3 Å². The number of unbranched alkanes of at least 4 members (excludes halogenated alkanes) is 2. The summed E-state index contributed by atoms with van der Waals surface area (Å²) in [5.74, 6) is 0. The number of aliphatic hydroxyl groups excluding tert-OH is 1. The average molecular weight is 274 g/mol. The molecular formula is C10H16BrN3O. The Morgan fingerprint density at radius 2 is 2.13 bits per heavy atom. The molecule has 4 N–H and O–H groups in total. The number of halogens is 1. The molecule has 0 unspecified atom stereocenters. The van der Waals surface area contributed by atoms with E-state index < -0.39 is 0 Å². The molecule has 1 rings (SSSR count). The zero-order chi connectivity index (χ0) is 11.1. The third-order valence-corrected chi connectivity index (χ3v) is 2.67. The van der Waals surface area contributed by atoms with E-state index in [1.54, 1.807) is 12.4 Å². The van der Waals surface area contributed by atoms with Crippen molar-refractivity contribution < 1.29 is 5.11 Å². The van der Waals surface area contributed by atoms with Gasteiger partial charge < -0.3 is 16.2 Å². The van der Waals surface area contributed by atoms with E-state index in [1.165, 1.54) is 0 Å². The van der Waals surface area contributed by atoms with Crippen molar-refractivity contribution in [1.29, 1.82) is 0 Å². The number of nitrogen functional groups attached to an aromatic ring is 1. The maximum Gasteiger partial charge on any atom is 0.0750 e. The molecule has 0 radical (unpaired) electrons. The number of hydrogen-bond donors (Lipinski definition) is 3. The zero-order valence-electron chi connectivity index (χ0n) is 8.54.